The Labute approximate surface area is 146 Å². The Kier molecular flexibility index (Phi) is 4.32. The molecule has 3 nitrogen and oxygen atoms in total. The maximum Gasteiger partial charge on any atom is 0.129 e. The summed E-state index contributed by atoms with van der Waals surface area (Å²) >= 11 is 1.69. The molecule has 122 valence electrons. The minimum Gasteiger partial charge on any atom is -0.496 e. The molecule has 2 aromatic carbocycles. The van der Waals surface area contributed by atoms with Crippen molar-refractivity contribution in [1.82, 2.24) is 9.88 Å². The fourth-order valence-electron chi connectivity index (χ4n) is 3.24. The maximum atomic E-state index is 5.45. The van der Waals surface area contributed by atoms with Gasteiger partial charge in [0.1, 0.15) is 10.8 Å². The molecule has 1 aromatic heterocycles. The highest BCUT2D eigenvalue weighted by Crippen LogP contribution is 2.32. The molecular formula is C20H20N2OS. The lowest BCUT2D eigenvalue weighted by molar-refractivity contribution is 0.243. The molecule has 0 aliphatic carbocycles. The maximum absolute atomic E-state index is 5.45. The molecule has 0 bridgehead atoms. The predicted octanol–water partition coefficient (Wildman–Crippen LogP) is 4.38. The van der Waals surface area contributed by atoms with Crippen molar-refractivity contribution < 1.29 is 4.74 Å². The number of ether oxygens (including phenoxy) is 1. The highest BCUT2D eigenvalue weighted by atomic mass is 32.1. The zero-order chi connectivity index (χ0) is 16.4. The number of nitrogens with zero attached hydrogens (tertiary/aromatic N) is 2. The molecule has 0 fully saturated rings. The third-order valence-electron chi connectivity index (χ3n) is 4.48. The molecule has 24 heavy (non-hydrogen) atoms. The SMILES string of the molecule is COc1ccccc1-c1nc(CN2CCc3ccccc3C2)cs1. The van der Waals surface area contributed by atoms with Crippen LogP contribution in [0.3, 0.4) is 0 Å². The van der Waals surface area contributed by atoms with Gasteiger partial charge in [0.2, 0.25) is 0 Å². The molecule has 0 atom stereocenters. The van der Waals surface area contributed by atoms with E-state index in [-0.39, 0.29) is 0 Å². The average Bonchev–Trinajstić information content (AvgIpc) is 3.10. The molecule has 1 aliphatic heterocycles. The molecule has 4 rings (SSSR count). The molecule has 0 saturated carbocycles. The normalized spacial score (nSPS) is 14.4. The Bertz CT molecular complexity index is 843. The summed E-state index contributed by atoms with van der Waals surface area (Å²) in [5.41, 5.74) is 5.14. The minimum absolute atomic E-state index is 0.880. The zero-order valence-corrected chi connectivity index (χ0v) is 14.6. The van der Waals surface area contributed by atoms with Gasteiger partial charge in [-0.1, -0.05) is 36.4 Å². The number of benzene rings is 2. The number of fused-ring (bicyclic) bond motifs is 1. The lowest BCUT2D eigenvalue weighted by atomic mass is 10.00. The topological polar surface area (TPSA) is 25.4 Å². The summed E-state index contributed by atoms with van der Waals surface area (Å²) in [5.74, 6) is 0.880. The predicted molar refractivity (Wildman–Crippen MR) is 98.4 cm³/mol. The summed E-state index contributed by atoms with van der Waals surface area (Å²) in [5, 5.41) is 3.20. The van der Waals surface area contributed by atoms with Gasteiger partial charge in [0, 0.05) is 25.0 Å². The third-order valence-corrected chi connectivity index (χ3v) is 5.41. The van der Waals surface area contributed by atoms with Crippen molar-refractivity contribution >= 4 is 11.3 Å². The fraction of sp³-hybridized carbons (Fsp3) is 0.250. The van der Waals surface area contributed by atoms with Crippen LogP contribution in [0.1, 0.15) is 16.8 Å². The van der Waals surface area contributed by atoms with Crippen LogP contribution in [0.4, 0.5) is 0 Å². The van der Waals surface area contributed by atoms with Crippen LogP contribution in [0.2, 0.25) is 0 Å². The van der Waals surface area contributed by atoms with Crippen LogP contribution in [0.5, 0.6) is 5.75 Å². The number of hydrogen-bond acceptors (Lipinski definition) is 4. The van der Waals surface area contributed by atoms with Crippen molar-refractivity contribution in [3.05, 3.63) is 70.7 Å². The van der Waals surface area contributed by atoms with Crippen molar-refractivity contribution in [1.29, 1.82) is 0 Å². The Morgan fingerprint density at radius 3 is 2.75 bits per heavy atom. The molecule has 3 aromatic rings. The van der Waals surface area contributed by atoms with E-state index in [1.54, 1.807) is 18.4 Å². The van der Waals surface area contributed by atoms with Gasteiger partial charge in [-0.3, -0.25) is 4.90 Å². The van der Waals surface area contributed by atoms with Gasteiger partial charge in [-0.15, -0.1) is 11.3 Å². The van der Waals surface area contributed by atoms with Gasteiger partial charge in [-0.05, 0) is 29.7 Å². The summed E-state index contributed by atoms with van der Waals surface area (Å²) in [7, 11) is 1.71. The summed E-state index contributed by atoms with van der Waals surface area (Å²) in [6.07, 6.45) is 1.12. The van der Waals surface area contributed by atoms with Crippen molar-refractivity contribution in [2.75, 3.05) is 13.7 Å². The van der Waals surface area contributed by atoms with E-state index in [0.717, 1.165) is 48.1 Å². The first-order chi connectivity index (χ1) is 11.8. The molecule has 2 heterocycles. The molecule has 4 heteroatoms. The van der Waals surface area contributed by atoms with Gasteiger partial charge in [-0.25, -0.2) is 4.98 Å². The number of hydrogen-bond donors (Lipinski definition) is 0. The van der Waals surface area contributed by atoms with Gasteiger partial charge < -0.3 is 4.74 Å². The van der Waals surface area contributed by atoms with E-state index < -0.39 is 0 Å². The molecular weight excluding hydrogens is 316 g/mol. The van der Waals surface area contributed by atoms with Crippen molar-refractivity contribution in [3.63, 3.8) is 0 Å². The van der Waals surface area contributed by atoms with E-state index in [1.807, 2.05) is 18.2 Å². The first-order valence-corrected chi connectivity index (χ1v) is 9.08. The minimum atomic E-state index is 0.880. The second-order valence-electron chi connectivity index (χ2n) is 6.07. The molecule has 0 unspecified atom stereocenters. The van der Waals surface area contributed by atoms with Gasteiger partial charge >= 0.3 is 0 Å². The second kappa shape index (κ2) is 6.75. The van der Waals surface area contributed by atoms with Crippen LogP contribution in [0.25, 0.3) is 10.6 Å². The molecule has 0 N–H and O–H groups in total. The standard InChI is InChI=1S/C20H20N2OS/c1-23-19-9-5-4-8-18(19)20-21-17(14-24-20)13-22-11-10-15-6-2-3-7-16(15)12-22/h2-9,14H,10-13H2,1H3. The van der Waals surface area contributed by atoms with Crippen LogP contribution in [0, 0.1) is 0 Å². The summed E-state index contributed by atoms with van der Waals surface area (Å²) in [4.78, 5) is 7.31. The Balaban J connectivity index is 1.50. The number of aromatic nitrogens is 1. The molecule has 0 radical (unpaired) electrons. The van der Waals surface area contributed by atoms with E-state index in [0.29, 0.717) is 0 Å². The number of rotatable bonds is 4. The molecule has 0 amide bonds. The Morgan fingerprint density at radius 1 is 1.08 bits per heavy atom. The Hall–Kier alpha value is -2.17. The van der Waals surface area contributed by atoms with E-state index in [2.05, 4.69) is 40.6 Å². The number of methoxy groups -OCH3 is 1. The summed E-state index contributed by atoms with van der Waals surface area (Å²) in [6.45, 7) is 3.01. The summed E-state index contributed by atoms with van der Waals surface area (Å²) < 4.78 is 5.45. The van der Waals surface area contributed by atoms with Gasteiger partial charge in [0.15, 0.2) is 0 Å². The lowest BCUT2D eigenvalue weighted by Crippen LogP contribution is -2.30. The van der Waals surface area contributed by atoms with Crippen LogP contribution in [-0.2, 0) is 19.5 Å². The Morgan fingerprint density at radius 2 is 1.88 bits per heavy atom. The van der Waals surface area contributed by atoms with Crippen molar-refractivity contribution in [3.8, 4) is 16.3 Å². The molecule has 0 spiro atoms. The second-order valence-corrected chi connectivity index (χ2v) is 6.93. The van der Waals surface area contributed by atoms with Gasteiger partial charge in [-0.2, -0.15) is 0 Å². The van der Waals surface area contributed by atoms with E-state index in [4.69, 9.17) is 9.72 Å². The van der Waals surface area contributed by atoms with Crippen LogP contribution in [0.15, 0.2) is 53.9 Å². The first-order valence-electron chi connectivity index (χ1n) is 8.20. The molecule has 1 aliphatic rings. The van der Waals surface area contributed by atoms with Crippen molar-refractivity contribution in [2.45, 2.75) is 19.5 Å². The lowest BCUT2D eigenvalue weighted by Gasteiger charge is -2.27. The highest BCUT2D eigenvalue weighted by molar-refractivity contribution is 7.13. The van der Waals surface area contributed by atoms with E-state index in [9.17, 15) is 0 Å². The quantitative estimate of drug-likeness (QED) is 0.707. The van der Waals surface area contributed by atoms with Gasteiger partial charge in [0.05, 0.1) is 18.4 Å². The first kappa shape index (κ1) is 15.4. The largest absolute Gasteiger partial charge is 0.496 e. The highest BCUT2D eigenvalue weighted by Gasteiger charge is 2.17. The summed E-state index contributed by atoms with van der Waals surface area (Å²) in [6, 6.07) is 16.8. The van der Waals surface area contributed by atoms with Crippen LogP contribution >= 0.6 is 11.3 Å². The number of para-hydroxylation sites is 1. The fourth-order valence-corrected chi connectivity index (χ4v) is 4.08. The van der Waals surface area contributed by atoms with E-state index >= 15 is 0 Å². The third kappa shape index (κ3) is 3.07. The molecule has 0 saturated heterocycles. The van der Waals surface area contributed by atoms with Crippen LogP contribution in [-0.4, -0.2) is 23.5 Å². The number of thiazole rings is 1. The monoisotopic (exact) mass is 336 g/mol. The smallest absolute Gasteiger partial charge is 0.129 e. The zero-order valence-electron chi connectivity index (χ0n) is 13.7. The van der Waals surface area contributed by atoms with Gasteiger partial charge in [0.25, 0.3) is 0 Å². The average molecular weight is 336 g/mol. The van der Waals surface area contributed by atoms with Crippen molar-refractivity contribution in [2.24, 2.45) is 0 Å². The van der Waals surface area contributed by atoms with E-state index in [1.165, 1.54) is 11.1 Å². The van der Waals surface area contributed by atoms with Crippen LogP contribution < -0.4 is 4.74 Å².